The van der Waals surface area contributed by atoms with E-state index in [0.717, 1.165) is 0 Å². The number of rotatable bonds is 2. The molecule has 1 aromatic carbocycles. The third kappa shape index (κ3) is 2.25. The molecular formula is C11H9BrFN3. The maximum Gasteiger partial charge on any atom is 0.129 e. The highest BCUT2D eigenvalue weighted by Gasteiger charge is 2.14. The van der Waals surface area contributed by atoms with Crippen LogP contribution in [0.3, 0.4) is 0 Å². The Morgan fingerprint density at radius 1 is 1.31 bits per heavy atom. The molecular weight excluding hydrogens is 273 g/mol. The van der Waals surface area contributed by atoms with Crippen LogP contribution in [0.15, 0.2) is 41.3 Å². The largest absolute Gasteiger partial charge is 0.319 e. The first-order valence-electron chi connectivity index (χ1n) is 4.65. The summed E-state index contributed by atoms with van der Waals surface area (Å²) < 4.78 is 14.3. The van der Waals surface area contributed by atoms with Gasteiger partial charge in [-0.3, -0.25) is 9.97 Å². The van der Waals surface area contributed by atoms with Crippen LogP contribution in [0.25, 0.3) is 0 Å². The van der Waals surface area contributed by atoms with Crippen molar-refractivity contribution in [1.82, 2.24) is 9.97 Å². The van der Waals surface area contributed by atoms with E-state index in [2.05, 4.69) is 25.9 Å². The van der Waals surface area contributed by atoms with Crippen molar-refractivity contribution in [3.63, 3.8) is 0 Å². The zero-order valence-corrected chi connectivity index (χ0v) is 9.86. The van der Waals surface area contributed by atoms with Gasteiger partial charge in [0, 0.05) is 22.4 Å². The quantitative estimate of drug-likeness (QED) is 0.920. The molecule has 1 heterocycles. The standard InChI is InChI=1S/C11H9BrFN3/c12-7-1-2-8(9(13)5-7)11(14)10-6-15-3-4-16-10/h1-6,11H,14H2. The van der Waals surface area contributed by atoms with Crippen LogP contribution in [0.4, 0.5) is 4.39 Å². The van der Waals surface area contributed by atoms with Gasteiger partial charge in [0.1, 0.15) is 5.82 Å². The van der Waals surface area contributed by atoms with Gasteiger partial charge < -0.3 is 5.73 Å². The van der Waals surface area contributed by atoms with E-state index >= 15 is 0 Å². The lowest BCUT2D eigenvalue weighted by molar-refractivity contribution is 0.596. The molecule has 16 heavy (non-hydrogen) atoms. The summed E-state index contributed by atoms with van der Waals surface area (Å²) in [6.07, 6.45) is 4.62. The predicted octanol–water partition coefficient (Wildman–Crippen LogP) is 2.43. The van der Waals surface area contributed by atoms with Crippen LogP contribution in [-0.4, -0.2) is 9.97 Å². The summed E-state index contributed by atoms with van der Waals surface area (Å²) in [7, 11) is 0. The Bertz CT molecular complexity index is 490. The van der Waals surface area contributed by atoms with E-state index in [0.29, 0.717) is 15.7 Å². The predicted molar refractivity (Wildman–Crippen MR) is 62.2 cm³/mol. The molecule has 3 nitrogen and oxygen atoms in total. The highest BCUT2D eigenvalue weighted by molar-refractivity contribution is 9.10. The lowest BCUT2D eigenvalue weighted by atomic mass is 10.0. The minimum absolute atomic E-state index is 0.354. The first kappa shape index (κ1) is 11.2. The van der Waals surface area contributed by atoms with Crippen molar-refractivity contribution in [2.75, 3.05) is 0 Å². The van der Waals surface area contributed by atoms with Crippen molar-refractivity contribution < 1.29 is 4.39 Å². The van der Waals surface area contributed by atoms with Crippen molar-refractivity contribution in [2.45, 2.75) is 6.04 Å². The van der Waals surface area contributed by atoms with Gasteiger partial charge in [0.2, 0.25) is 0 Å². The Kier molecular flexibility index (Phi) is 3.26. The van der Waals surface area contributed by atoms with Crippen molar-refractivity contribution in [1.29, 1.82) is 0 Å². The number of nitrogens with zero attached hydrogens (tertiary/aromatic N) is 2. The Balaban J connectivity index is 2.38. The second kappa shape index (κ2) is 4.67. The number of benzene rings is 1. The van der Waals surface area contributed by atoms with Gasteiger partial charge in [-0.05, 0) is 12.1 Å². The topological polar surface area (TPSA) is 51.8 Å². The van der Waals surface area contributed by atoms with Gasteiger partial charge in [-0.25, -0.2) is 4.39 Å². The normalized spacial score (nSPS) is 12.4. The summed E-state index contributed by atoms with van der Waals surface area (Å²) in [6, 6.07) is 4.17. The van der Waals surface area contributed by atoms with Gasteiger partial charge in [-0.2, -0.15) is 0 Å². The fourth-order valence-corrected chi connectivity index (χ4v) is 1.72. The lowest BCUT2D eigenvalue weighted by Crippen LogP contribution is -2.15. The van der Waals surface area contributed by atoms with Crippen molar-refractivity contribution in [2.24, 2.45) is 5.73 Å². The molecule has 5 heteroatoms. The second-order valence-electron chi connectivity index (χ2n) is 3.27. The fraction of sp³-hybridized carbons (Fsp3) is 0.0909. The summed E-state index contributed by atoms with van der Waals surface area (Å²) in [4.78, 5) is 7.96. The van der Waals surface area contributed by atoms with E-state index in [4.69, 9.17) is 5.73 Å². The Morgan fingerprint density at radius 3 is 2.75 bits per heavy atom. The van der Waals surface area contributed by atoms with Crippen molar-refractivity contribution >= 4 is 15.9 Å². The van der Waals surface area contributed by atoms with Crippen LogP contribution < -0.4 is 5.73 Å². The van der Waals surface area contributed by atoms with Gasteiger partial charge in [0.05, 0.1) is 17.9 Å². The maximum atomic E-state index is 13.6. The highest BCUT2D eigenvalue weighted by atomic mass is 79.9. The van der Waals surface area contributed by atoms with Gasteiger partial charge in [-0.15, -0.1) is 0 Å². The molecule has 2 N–H and O–H groups in total. The molecule has 0 aliphatic carbocycles. The highest BCUT2D eigenvalue weighted by Crippen LogP contribution is 2.22. The van der Waals surface area contributed by atoms with Gasteiger partial charge >= 0.3 is 0 Å². The van der Waals surface area contributed by atoms with E-state index in [9.17, 15) is 4.39 Å². The zero-order chi connectivity index (χ0) is 11.5. The van der Waals surface area contributed by atoms with Crippen LogP contribution in [-0.2, 0) is 0 Å². The van der Waals surface area contributed by atoms with Gasteiger partial charge in [0.25, 0.3) is 0 Å². The van der Waals surface area contributed by atoms with Crippen LogP contribution in [0.2, 0.25) is 0 Å². The first-order valence-corrected chi connectivity index (χ1v) is 5.44. The molecule has 0 aliphatic rings. The second-order valence-corrected chi connectivity index (χ2v) is 4.19. The molecule has 1 aromatic heterocycles. The third-order valence-corrected chi connectivity index (χ3v) is 2.69. The third-order valence-electron chi connectivity index (χ3n) is 2.20. The minimum Gasteiger partial charge on any atom is -0.319 e. The van der Waals surface area contributed by atoms with Crippen LogP contribution >= 0.6 is 15.9 Å². The summed E-state index contributed by atoms with van der Waals surface area (Å²) in [5, 5.41) is 0. The maximum absolute atomic E-state index is 13.6. The molecule has 0 radical (unpaired) electrons. The van der Waals surface area contributed by atoms with Crippen LogP contribution in [0.5, 0.6) is 0 Å². The summed E-state index contributed by atoms with van der Waals surface area (Å²) in [5.41, 5.74) is 6.86. The van der Waals surface area contributed by atoms with E-state index in [-0.39, 0.29) is 5.82 Å². The summed E-state index contributed by atoms with van der Waals surface area (Å²) >= 11 is 3.19. The summed E-state index contributed by atoms with van der Waals surface area (Å²) in [6.45, 7) is 0. The zero-order valence-electron chi connectivity index (χ0n) is 8.27. The average Bonchev–Trinajstić information content (AvgIpc) is 2.29. The molecule has 0 aliphatic heterocycles. The molecule has 0 saturated carbocycles. The number of hydrogen-bond acceptors (Lipinski definition) is 3. The van der Waals surface area contributed by atoms with Crippen molar-refractivity contribution in [3.05, 3.63) is 58.3 Å². The molecule has 1 unspecified atom stereocenters. The average molecular weight is 282 g/mol. The summed E-state index contributed by atoms with van der Waals surface area (Å²) in [5.74, 6) is -0.354. The SMILES string of the molecule is NC(c1cnccn1)c1ccc(Br)cc1F. The van der Waals surface area contributed by atoms with E-state index in [1.165, 1.54) is 18.5 Å². The number of nitrogens with two attached hydrogens (primary N) is 1. The lowest BCUT2D eigenvalue weighted by Gasteiger charge is -2.11. The van der Waals surface area contributed by atoms with E-state index < -0.39 is 6.04 Å². The molecule has 0 amide bonds. The molecule has 2 rings (SSSR count). The van der Waals surface area contributed by atoms with Crippen LogP contribution in [0.1, 0.15) is 17.3 Å². The molecule has 82 valence electrons. The van der Waals surface area contributed by atoms with Crippen LogP contribution in [0, 0.1) is 5.82 Å². The van der Waals surface area contributed by atoms with Gasteiger partial charge in [-0.1, -0.05) is 22.0 Å². The number of hydrogen-bond donors (Lipinski definition) is 1. The Labute approximate surface area is 101 Å². The van der Waals surface area contributed by atoms with Gasteiger partial charge in [0.15, 0.2) is 0 Å². The Hall–Kier alpha value is -1.33. The monoisotopic (exact) mass is 281 g/mol. The minimum atomic E-state index is -0.596. The molecule has 0 spiro atoms. The molecule has 0 fully saturated rings. The van der Waals surface area contributed by atoms with E-state index in [1.54, 1.807) is 18.3 Å². The first-order chi connectivity index (χ1) is 7.68. The molecule has 2 aromatic rings. The van der Waals surface area contributed by atoms with E-state index in [1.807, 2.05) is 0 Å². The molecule has 0 saturated heterocycles. The molecule has 1 atom stereocenters. The number of halogens is 2. The fourth-order valence-electron chi connectivity index (χ4n) is 1.38. The smallest absolute Gasteiger partial charge is 0.129 e. The molecule has 0 bridgehead atoms. The number of aromatic nitrogens is 2. The van der Waals surface area contributed by atoms with Crippen molar-refractivity contribution in [3.8, 4) is 0 Å². The Morgan fingerprint density at radius 2 is 2.12 bits per heavy atom.